The van der Waals surface area contributed by atoms with E-state index in [1.807, 2.05) is 42.5 Å². The minimum atomic E-state index is -0.418. The Morgan fingerprint density at radius 3 is 2.69 bits per heavy atom. The summed E-state index contributed by atoms with van der Waals surface area (Å²) in [5.74, 6) is 1.01. The van der Waals surface area contributed by atoms with E-state index in [-0.39, 0.29) is 30.2 Å². The number of amides is 2. The largest absolute Gasteiger partial charge is 0.496 e. The van der Waals surface area contributed by atoms with E-state index < -0.39 is 5.82 Å². The quantitative estimate of drug-likeness (QED) is 0.294. The lowest BCUT2D eigenvalue weighted by atomic mass is 9.94. The van der Waals surface area contributed by atoms with E-state index in [0.717, 1.165) is 33.9 Å². The van der Waals surface area contributed by atoms with Crippen molar-refractivity contribution in [3.8, 4) is 17.0 Å². The highest BCUT2D eigenvalue weighted by atomic mass is 19.1. The fourth-order valence-electron chi connectivity index (χ4n) is 5.74. The maximum atomic E-state index is 13.9. The van der Waals surface area contributed by atoms with Crippen LogP contribution < -0.4 is 25.6 Å². The molecule has 0 saturated carbocycles. The van der Waals surface area contributed by atoms with Gasteiger partial charge in [-0.25, -0.2) is 9.37 Å². The molecule has 0 unspecified atom stereocenters. The number of carbonyl (C=O) groups is 2. The molecule has 1 aromatic heterocycles. The summed E-state index contributed by atoms with van der Waals surface area (Å²) in [6.45, 7) is 1.15. The summed E-state index contributed by atoms with van der Waals surface area (Å²) in [7, 11) is 3.28. The van der Waals surface area contributed by atoms with Gasteiger partial charge >= 0.3 is 0 Å². The number of hydrogen-bond donors (Lipinski definition) is 3. The van der Waals surface area contributed by atoms with Crippen molar-refractivity contribution in [1.29, 1.82) is 0 Å². The van der Waals surface area contributed by atoms with E-state index in [0.29, 0.717) is 36.8 Å². The van der Waals surface area contributed by atoms with Gasteiger partial charge < -0.3 is 25.6 Å². The smallest absolute Gasteiger partial charge is 0.228 e. The first-order valence-corrected chi connectivity index (χ1v) is 13.8. The number of methoxy groups -OCH3 is 1. The summed E-state index contributed by atoms with van der Waals surface area (Å²) in [5, 5.41) is 9.13. The molecule has 214 valence electrons. The lowest BCUT2D eigenvalue weighted by Gasteiger charge is -2.20. The zero-order chi connectivity index (χ0) is 29.2. The number of anilines is 3. The number of nitrogens with one attached hydrogen (secondary N) is 3. The van der Waals surface area contributed by atoms with E-state index in [2.05, 4.69) is 38.0 Å². The molecule has 0 spiro atoms. The van der Waals surface area contributed by atoms with Gasteiger partial charge in [0.15, 0.2) is 0 Å². The summed E-state index contributed by atoms with van der Waals surface area (Å²) in [4.78, 5) is 36.7. The summed E-state index contributed by atoms with van der Waals surface area (Å²) >= 11 is 0. The predicted octanol–water partition coefficient (Wildman–Crippen LogP) is 4.16. The number of rotatable bonds is 8. The van der Waals surface area contributed by atoms with Crippen molar-refractivity contribution in [2.75, 3.05) is 42.8 Å². The van der Waals surface area contributed by atoms with Crippen LogP contribution in [0.1, 0.15) is 22.6 Å². The highest BCUT2D eigenvalue weighted by Gasteiger charge is 2.36. The van der Waals surface area contributed by atoms with Gasteiger partial charge in [-0.1, -0.05) is 36.4 Å². The maximum absolute atomic E-state index is 13.9. The van der Waals surface area contributed by atoms with Crippen LogP contribution in [-0.2, 0) is 22.4 Å². The molecule has 1 saturated heterocycles. The molecule has 2 aliphatic rings. The highest BCUT2D eigenvalue weighted by Crippen LogP contribution is 2.34. The molecule has 2 aliphatic heterocycles. The third-order valence-electron chi connectivity index (χ3n) is 7.77. The molecule has 3 heterocycles. The third kappa shape index (κ3) is 5.60. The number of ether oxygens (including phenoxy) is 1. The number of fused-ring (bicyclic) bond motifs is 1. The Morgan fingerprint density at radius 1 is 1.07 bits per heavy atom. The van der Waals surface area contributed by atoms with Crippen LogP contribution in [0.3, 0.4) is 0 Å². The van der Waals surface area contributed by atoms with Gasteiger partial charge in [-0.2, -0.15) is 4.98 Å². The minimum absolute atomic E-state index is 0.00177. The summed E-state index contributed by atoms with van der Waals surface area (Å²) in [5.41, 5.74) is 4.98. The van der Waals surface area contributed by atoms with Crippen LogP contribution in [0.4, 0.5) is 21.8 Å². The summed E-state index contributed by atoms with van der Waals surface area (Å²) < 4.78 is 19.3. The number of halogens is 1. The highest BCUT2D eigenvalue weighted by molar-refractivity contribution is 5.99. The van der Waals surface area contributed by atoms with Gasteiger partial charge in [0.2, 0.25) is 17.8 Å². The first kappa shape index (κ1) is 27.2. The molecule has 2 amide bonds. The van der Waals surface area contributed by atoms with E-state index in [1.54, 1.807) is 7.05 Å². The van der Waals surface area contributed by atoms with Crippen LogP contribution in [-0.4, -0.2) is 55.1 Å². The number of hydrogen-bond acceptors (Lipinski definition) is 7. The summed E-state index contributed by atoms with van der Waals surface area (Å²) in [6, 6.07) is 21.8. The second-order valence-corrected chi connectivity index (χ2v) is 10.5. The van der Waals surface area contributed by atoms with Gasteiger partial charge in [0.1, 0.15) is 17.4 Å². The number of carbonyl (C=O) groups excluding carboxylic acids is 2. The van der Waals surface area contributed by atoms with E-state index in [4.69, 9.17) is 9.72 Å². The van der Waals surface area contributed by atoms with Crippen LogP contribution in [0.15, 0.2) is 72.8 Å². The third-order valence-corrected chi connectivity index (χ3v) is 7.77. The van der Waals surface area contributed by atoms with E-state index >= 15 is 0 Å². The van der Waals surface area contributed by atoms with Crippen molar-refractivity contribution >= 4 is 29.3 Å². The Labute approximate surface area is 243 Å². The SMILES string of the molecule is CNc1nc(-c2ccc3c(c2)CC(=O)N3)cc(N2C[C@@H](NC(=O)Cc3cc(F)ccc3OC)[C@H](c3ccccc3)C2)n1. The van der Waals surface area contributed by atoms with Gasteiger partial charge in [0.05, 0.1) is 31.7 Å². The van der Waals surface area contributed by atoms with Gasteiger partial charge in [0, 0.05) is 48.9 Å². The normalized spacial score (nSPS) is 17.5. The molecule has 42 heavy (non-hydrogen) atoms. The van der Waals surface area contributed by atoms with Crippen molar-refractivity contribution in [1.82, 2.24) is 15.3 Å². The van der Waals surface area contributed by atoms with Crippen LogP contribution in [0.2, 0.25) is 0 Å². The second kappa shape index (κ2) is 11.5. The van der Waals surface area contributed by atoms with Gasteiger partial charge in [-0.05, 0) is 41.5 Å². The molecule has 9 nitrogen and oxygen atoms in total. The number of aromatic nitrogens is 2. The lowest BCUT2D eigenvalue weighted by Crippen LogP contribution is -2.40. The first-order valence-electron chi connectivity index (χ1n) is 13.8. The van der Waals surface area contributed by atoms with Crippen molar-refractivity contribution < 1.29 is 18.7 Å². The molecule has 0 aliphatic carbocycles. The molecule has 2 atom stereocenters. The molecule has 10 heteroatoms. The lowest BCUT2D eigenvalue weighted by molar-refractivity contribution is -0.121. The number of nitrogens with zero attached hydrogens (tertiary/aromatic N) is 3. The Hall–Kier alpha value is -4.99. The van der Waals surface area contributed by atoms with Crippen LogP contribution in [0.25, 0.3) is 11.3 Å². The monoisotopic (exact) mass is 566 g/mol. The van der Waals surface area contributed by atoms with Crippen molar-refractivity contribution in [2.45, 2.75) is 24.8 Å². The summed E-state index contributed by atoms with van der Waals surface area (Å²) in [6.07, 6.45) is 0.337. The Bertz CT molecular complexity index is 1650. The van der Waals surface area contributed by atoms with Crippen molar-refractivity contribution in [3.05, 3.63) is 95.3 Å². The topological polar surface area (TPSA) is 108 Å². The molecule has 1 fully saturated rings. The Balaban J connectivity index is 1.28. The fourth-order valence-corrected chi connectivity index (χ4v) is 5.74. The van der Waals surface area contributed by atoms with Gasteiger partial charge in [-0.15, -0.1) is 0 Å². The van der Waals surface area contributed by atoms with Crippen LogP contribution in [0.5, 0.6) is 5.75 Å². The zero-order valence-electron chi connectivity index (χ0n) is 23.4. The molecule has 6 rings (SSSR count). The average Bonchev–Trinajstić information content (AvgIpc) is 3.59. The average molecular weight is 567 g/mol. The molecule has 4 aromatic rings. The van der Waals surface area contributed by atoms with Crippen molar-refractivity contribution in [3.63, 3.8) is 0 Å². The van der Waals surface area contributed by atoms with Gasteiger partial charge in [-0.3, -0.25) is 9.59 Å². The van der Waals surface area contributed by atoms with Gasteiger partial charge in [0.25, 0.3) is 0 Å². The zero-order valence-corrected chi connectivity index (χ0v) is 23.4. The Morgan fingerprint density at radius 2 is 1.90 bits per heavy atom. The van der Waals surface area contributed by atoms with Crippen LogP contribution >= 0.6 is 0 Å². The maximum Gasteiger partial charge on any atom is 0.228 e. The molecule has 0 radical (unpaired) electrons. The molecular formula is C32H31FN6O3. The standard InChI is InChI=1S/C32H31FN6O3/c1-34-32-37-26(20-8-10-25-21(12-20)14-30(40)35-25)16-29(38-32)39-17-24(19-6-4-3-5-7-19)27(18-39)36-31(41)15-22-13-23(33)9-11-28(22)42-2/h3-13,16,24,27H,14-15,17-18H2,1-2H3,(H,35,40)(H,36,41)(H,34,37,38)/t24-,27+/m0/s1. The van der Waals surface area contributed by atoms with Crippen molar-refractivity contribution in [2.24, 2.45) is 0 Å². The molecule has 3 aromatic carbocycles. The molecule has 3 N–H and O–H groups in total. The fraction of sp³-hybridized carbons (Fsp3) is 0.250. The van der Waals surface area contributed by atoms with E-state index in [1.165, 1.54) is 25.3 Å². The van der Waals surface area contributed by atoms with E-state index in [9.17, 15) is 14.0 Å². The second-order valence-electron chi connectivity index (χ2n) is 10.5. The Kier molecular flexibility index (Phi) is 7.43. The molecule has 0 bridgehead atoms. The van der Waals surface area contributed by atoms with Crippen LogP contribution in [0, 0.1) is 5.82 Å². The molecular weight excluding hydrogens is 535 g/mol. The minimum Gasteiger partial charge on any atom is -0.496 e. The predicted molar refractivity (Wildman–Crippen MR) is 159 cm³/mol. The first-order chi connectivity index (χ1) is 20.4. The number of benzene rings is 3.